The summed E-state index contributed by atoms with van der Waals surface area (Å²) in [7, 11) is 1.86. The molecule has 3 aliphatic heterocycles. The molecule has 3 aromatic carbocycles. The van der Waals surface area contributed by atoms with Gasteiger partial charge in [0.25, 0.3) is 5.91 Å². The van der Waals surface area contributed by atoms with Crippen molar-refractivity contribution >= 4 is 28.6 Å². The van der Waals surface area contributed by atoms with Gasteiger partial charge in [-0.2, -0.15) is 5.26 Å². The molecule has 1 aliphatic carbocycles. The molecule has 0 bridgehead atoms. The van der Waals surface area contributed by atoms with E-state index < -0.39 is 5.54 Å². The number of ether oxygens (including phenoxy) is 1. The van der Waals surface area contributed by atoms with Crippen molar-refractivity contribution in [3.05, 3.63) is 88.6 Å². The Bertz CT molecular complexity index is 1960. The first-order valence-corrected chi connectivity index (χ1v) is 15.5. The molecule has 8 rings (SSSR count). The molecule has 1 amide bonds. The van der Waals surface area contributed by atoms with E-state index in [1.165, 1.54) is 6.07 Å². The number of allylic oxidation sites excluding steroid dienone is 1. The van der Waals surface area contributed by atoms with E-state index in [0.717, 1.165) is 50.2 Å². The number of aryl methyl sites for hydroxylation is 1. The predicted octanol–water partition coefficient (Wildman–Crippen LogP) is 5.49. The van der Waals surface area contributed by atoms with E-state index in [2.05, 4.69) is 27.2 Å². The molecule has 1 unspecified atom stereocenters. The van der Waals surface area contributed by atoms with Crippen molar-refractivity contribution in [2.24, 2.45) is 18.0 Å². The maximum Gasteiger partial charge on any atom is 0.260 e. The second kappa shape index (κ2) is 10.7. The second-order valence-electron chi connectivity index (χ2n) is 12.4. The first-order valence-electron chi connectivity index (χ1n) is 15.5. The Kier molecular flexibility index (Phi) is 6.62. The lowest BCUT2D eigenvalue weighted by molar-refractivity contribution is 0.0969. The standard InChI is InChI=1S/C35H32FN7O2/c1-41-21-39-40-33(41)26-5-2-4-23(19-37)32(26)35(12-13-38-28(18-35)22-6-7-22)43-29-11-10-27(36)25-9-8-24(30(31(25)29)34(43)44)20-42-14-3-16-45-17-15-42/h2,4-5,8-11,13,18,21-22H,3,6-7,12,14-17,20H2,1H3. The van der Waals surface area contributed by atoms with Crippen molar-refractivity contribution < 1.29 is 13.9 Å². The summed E-state index contributed by atoms with van der Waals surface area (Å²) in [6.07, 6.45) is 8.88. The molecule has 0 N–H and O–H groups in total. The zero-order valence-corrected chi connectivity index (χ0v) is 25.0. The molecule has 9 nitrogen and oxygen atoms in total. The molecule has 45 heavy (non-hydrogen) atoms. The van der Waals surface area contributed by atoms with Gasteiger partial charge in [-0.25, -0.2) is 4.39 Å². The van der Waals surface area contributed by atoms with Crippen LogP contribution in [0.3, 0.4) is 0 Å². The van der Waals surface area contributed by atoms with Crippen LogP contribution in [-0.2, 0) is 23.9 Å². The van der Waals surface area contributed by atoms with Crippen LogP contribution in [0.15, 0.2) is 65.6 Å². The van der Waals surface area contributed by atoms with E-state index in [-0.39, 0.29) is 11.7 Å². The number of aliphatic imine (C=N–C) groups is 1. The van der Waals surface area contributed by atoms with Crippen LogP contribution in [0, 0.1) is 23.1 Å². The number of amides is 1. The molecule has 10 heteroatoms. The van der Waals surface area contributed by atoms with Crippen molar-refractivity contribution in [2.45, 2.75) is 37.8 Å². The number of nitrogens with zero attached hydrogens (tertiary/aromatic N) is 7. The largest absolute Gasteiger partial charge is 0.380 e. The molecule has 0 spiro atoms. The maximum absolute atomic E-state index is 15.5. The summed E-state index contributed by atoms with van der Waals surface area (Å²) in [6, 6.07) is 14.8. The number of aromatic nitrogens is 3. The third-order valence-corrected chi connectivity index (χ3v) is 9.55. The van der Waals surface area contributed by atoms with Crippen molar-refractivity contribution in [2.75, 3.05) is 31.2 Å². The summed E-state index contributed by atoms with van der Waals surface area (Å²) >= 11 is 0. The molecular weight excluding hydrogens is 569 g/mol. The van der Waals surface area contributed by atoms with Gasteiger partial charge in [0, 0.05) is 79.4 Å². The minimum Gasteiger partial charge on any atom is -0.380 e. The van der Waals surface area contributed by atoms with E-state index in [0.29, 0.717) is 70.0 Å². The lowest BCUT2D eigenvalue weighted by Gasteiger charge is -2.43. The summed E-state index contributed by atoms with van der Waals surface area (Å²) < 4.78 is 23.0. The lowest BCUT2D eigenvalue weighted by Crippen LogP contribution is -2.49. The number of hydrogen-bond donors (Lipinski definition) is 0. The van der Waals surface area contributed by atoms with Crippen LogP contribution in [0.2, 0.25) is 0 Å². The lowest BCUT2D eigenvalue weighted by atomic mass is 9.77. The van der Waals surface area contributed by atoms with Crippen LogP contribution >= 0.6 is 0 Å². The van der Waals surface area contributed by atoms with Crippen molar-refractivity contribution in [3.8, 4) is 17.5 Å². The fourth-order valence-electron chi connectivity index (χ4n) is 7.31. The molecular formula is C35H32FN7O2. The van der Waals surface area contributed by atoms with Gasteiger partial charge in [0.2, 0.25) is 0 Å². The van der Waals surface area contributed by atoms with Crippen LogP contribution in [0.25, 0.3) is 22.2 Å². The number of anilines is 1. The third-order valence-electron chi connectivity index (χ3n) is 9.55. The summed E-state index contributed by atoms with van der Waals surface area (Å²) in [5, 5.41) is 20.1. The minimum atomic E-state index is -1.12. The SMILES string of the molecule is Cn1cnnc1-c1cccc(C#N)c1C1(N2C(=O)c3c(CN4CCCOCC4)ccc4c(F)ccc2c34)C=C(C2CC2)N=CC1. The van der Waals surface area contributed by atoms with E-state index in [4.69, 9.17) is 9.73 Å². The van der Waals surface area contributed by atoms with Gasteiger partial charge in [-0.3, -0.25) is 19.6 Å². The molecule has 4 aliphatic rings. The monoisotopic (exact) mass is 601 g/mol. The molecule has 2 fully saturated rings. The first-order chi connectivity index (χ1) is 22.0. The van der Waals surface area contributed by atoms with Crippen molar-refractivity contribution in [1.82, 2.24) is 19.7 Å². The Balaban J connectivity index is 1.38. The summed E-state index contributed by atoms with van der Waals surface area (Å²) in [5.41, 5.74) is 3.60. The van der Waals surface area contributed by atoms with Crippen LogP contribution in [-0.4, -0.2) is 58.1 Å². The van der Waals surface area contributed by atoms with E-state index in [9.17, 15) is 5.26 Å². The molecule has 1 saturated carbocycles. The molecule has 1 saturated heterocycles. The van der Waals surface area contributed by atoms with Gasteiger partial charge in [0.15, 0.2) is 5.82 Å². The van der Waals surface area contributed by atoms with E-state index in [1.807, 2.05) is 40.9 Å². The fourth-order valence-corrected chi connectivity index (χ4v) is 7.31. The van der Waals surface area contributed by atoms with Crippen LogP contribution in [0.1, 0.15) is 52.7 Å². The Morgan fingerprint density at radius 3 is 2.82 bits per heavy atom. The number of halogens is 1. The van der Waals surface area contributed by atoms with E-state index in [1.54, 1.807) is 24.5 Å². The highest BCUT2D eigenvalue weighted by Crippen LogP contribution is 2.53. The minimum absolute atomic E-state index is 0.208. The number of benzene rings is 3. The highest BCUT2D eigenvalue weighted by atomic mass is 19.1. The van der Waals surface area contributed by atoms with Crippen LogP contribution in [0.5, 0.6) is 0 Å². The number of hydrogen-bond acceptors (Lipinski definition) is 7. The maximum atomic E-state index is 15.5. The smallest absolute Gasteiger partial charge is 0.260 e. The van der Waals surface area contributed by atoms with Gasteiger partial charge in [0.1, 0.15) is 17.7 Å². The quantitative estimate of drug-likeness (QED) is 0.290. The summed E-state index contributed by atoms with van der Waals surface area (Å²) in [6.45, 7) is 3.53. The van der Waals surface area contributed by atoms with Gasteiger partial charge in [-0.15, -0.1) is 10.2 Å². The molecule has 4 aromatic rings. The average Bonchev–Trinajstić information content (AvgIpc) is 3.81. The first kappa shape index (κ1) is 27.8. The summed E-state index contributed by atoms with van der Waals surface area (Å²) in [4.78, 5) is 24.0. The van der Waals surface area contributed by atoms with Crippen LogP contribution < -0.4 is 4.90 Å². The Labute approximate surface area is 260 Å². The highest BCUT2D eigenvalue weighted by Gasteiger charge is 2.50. The number of rotatable bonds is 6. The van der Waals surface area contributed by atoms with Crippen LogP contribution in [0.4, 0.5) is 10.1 Å². The molecule has 4 heterocycles. The Hall–Kier alpha value is -4.72. The van der Waals surface area contributed by atoms with Gasteiger partial charge < -0.3 is 9.30 Å². The molecule has 1 atom stereocenters. The van der Waals surface area contributed by atoms with Gasteiger partial charge in [-0.1, -0.05) is 24.3 Å². The zero-order chi connectivity index (χ0) is 30.7. The van der Waals surface area contributed by atoms with Gasteiger partial charge in [-0.05, 0) is 49.1 Å². The molecule has 0 radical (unpaired) electrons. The van der Waals surface area contributed by atoms with Gasteiger partial charge in [0.05, 0.1) is 29.5 Å². The normalized spacial score (nSPS) is 21.7. The fraction of sp³-hybridized carbons (Fsp3) is 0.343. The van der Waals surface area contributed by atoms with Crippen molar-refractivity contribution in [1.29, 1.82) is 5.26 Å². The second-order valence-corrected chi connectivity index (χ2v) is 12.4. The highest BCUT2D eigenvalue weighted by molar-refractivity contribution is 6.27. The van der Waals surface area contributed by atoms with Crippen molar-refractivity contribution in [3.63, 3.8) is 0 Å². The molecule has 1 aromatic heterocycles. The third kappa shape index (κ3) is 4.41. The number of nitriles is 1. The van der Waals surface area contributed by atoms with Gasteiger partial charge >= 0.3 is 0 Å². The zero-order valence-electron chi connectivity index (χ0n) is 25.0. The Morgan fingerprint density at radius 2 is 2.02 bits per heavy atom. The predicted molar refractivity (Wildman–Crippen MR) is 168 cm³/mol. The van der Waals surface area contributed by atoms with E-state index >= 15 is 9.18 Å². The summed E-state index contributed by atoms with van der Waals surface area (Å²) in [5.74, 6) is 0.302. The number of carbonyl (C=O) groups is 1. The Morgan fingerprint density at radius 1 is 1.13 bits per heavy atom. The number of carbonyl (C=O) groups excluding carboxylic acids is 1. The topological polar surface area (TPSA) is 99.6 Å². The molecule has 226 valence electrons. The average molecular weight is 602 g/mol.